The smallest absolute Gasteiger partial charge is 0.321 e. The monoisotopic (exact) mass is 245 g/mol. The summed E-state index contributed by atoms with van der Waals surface area (Å²) in [5, 5.41) is 4.66. The van der Waals surface area contributed by atoms with Crippen LogP contribution in [-0.2, 0) is 4.79 Å². The highest BCUT2D eigenvalue weighted by atomic mass is 32.2. The van der Waals surface area contributed by atoms with Gasteiger partial charge in [0.1, 0.15) is 0 Å². The van der Waals surface area contributed by atoms with Crippen molar-refractivity contribution in [3.63, 3.8) is 0 Å². The van der Waals surface area contributed by atoms with Crippen molar-refractivity contribution in [2.24, 2.45) is 5.73 Å². The Morgan fingerprint density at radius 2 is 2.25 bits per heavy atom. The Kier molecular flexibility index (Phi) is 8.65. The van der Waals surface area contributed by atoms with Crippen LogP contribution in [0.1, 0.15) is 13.3 Å². The average molecular weight is 245 g/mol. The second kappa shape index (κ2) is 9.23. The lowest BCUT2D eigenvalue weighted by molar-refractivity contribution is -0.117. The van der Waals surface area contributed by atoms with Crippen molar-refractivity contribution in [2.45, 2.75) is 19.4 Å². The minimum atomic E-state index is -0.495. The summed E-state index contributed by atoms with van der Waals surface area (Å²) in [6.07, 6.45) is 2.42. The van der Waals surface area contributed by atoms with Crippen LogP contribution in [0.25, 0.3) is 0 Å². The van der Waals surface area contributed by atoms with Crippen LogP contribution in [0, 0.1) is 0 Å². The quantitative estimate of drug-likeness (QED) is 0.569. The standard InChI is InChI=1S/C10H19N3O2S/c1-3-5-12-10(15)13-9(14)7-16-6-8(11)4-2/h3,8H,1,4-7,11H2,2H3,(H2,12,13,14,15). The van der Waals surface area contributed by atoms with E-state index in [9.17, 15) is 9.59 Å². The van der Waals surface area contributed by atoms with Crippen molar-refractivity contribution in [1.29, 1.82) is 0 Å². The Balaban J connectivity index is 3.58. The van der Waals surface area contributed by atoms with Gasteiger partial charge in [-0.15, -0.1) is 6.58 Å². The third-order valence-electron chi connectivity index (χ3n) is 1.75. The zero-order valence-electron chi connectivity index (χ0n) is 9.49. The molecule has 3 amide bonds. The molecule has 0 rings (SSSR count). The number of hydrogen-bond donors (Lipinski definition) is 3. The number of imide groups is 1. The number of thioether (sulfide) groups is 1. The fraction of sp³-hybridized carbons (Fsp3) is 0.600. The molecule has 4 N–H and O–H groups in total. The molecule has 1 atom stereocenters. The van der Waals surface area contributed by atoms with Crippen LogP contribution in [0.2, 0.25) is 0 Å². The number of nitrogens with two attached hydrogens (primary N) is 1. The number of amides is 3. The Morgan fingerprint density at radius 3 is 2.81 bits per heavy atom. The van der Waals surface area contributed by atoms with Gasteiger partial charge in [0.05, 0.1) is 5.75 Å². The largest absolute Gasteiger partial charge is 0.334 e. The van der Waals surface area contributed by atoms with Gasteiger partial charge in [-0.25, -0.2) is 4.79 Å². The van der Waals surface area contributed by atoms with Gasteiger partial charge >= 0.3 is 6.03 Å². The van der Waals surface area contributed by atoms with Crippen LogP contribution in [0.3, 0.4) is 0 Å². The molecular formula is C10H19N3O2S. The van der Waals surface area contributed by atoms with E-state index in [1.165, 1.54) is 11.8 Å². The summed E-state index contributed by atoms with van der Waals surface area (Å²) >= 11 is 1.42. The van der Waals surface area contributed by atoms with Gasteiger partial charge in [-0.3, -0.25) is 10.1 Å². The van der Waals surface area contributed by atoms with Crippen molar-refractivity contribution >= 4 is 23.7 Å². The minimum Gasteiger partial charge on any atom is -0.334 e. The van der Waals surface area contributed by atoms with Crippen LogP contribution >= 0.6 is 11.8 Å². The lowest BCUT2D eigenvalue weighted by Crippen LogP contribution is -2.40. The molecular weight excluding hydrogens is 226 g/mol. The van der Waals surface area contributed by atoms with Gasteiger partial charge in [0.25, 0.3) is 0 Å². The molecule has 0 aliphatic carbocycles. The third kappa shape index (κ3) is 8.31. The van der Waals surface area contributed by atoms with E-state index in [1.54, 1.807) is 6.08 Å². The highest BCUT2D eigenvalue weighted by molar-refractivity contribution is 8.00. The molecule has 5 nitrogen and oxygen atoms in total. The first-order chi connectivity index (χ1) is 7.60. The molecule has 0 radical (unpaired) electrons. The number of rotatable bonds is 7. The van der Waals surface area contributed by atoms with Gasteiger partial charge in [0, 0.05) is 18.3 Å². The van der Waals surface area contributed by atoms with E-state index in [2.05, 4.69) is 17.2 Å². The van der Waals surface area contributed by atoms with Crippen molar-refractivity contribution in [2.75, 3.05) is 18.1 Å². The zero-order chi connectivity index (χ0) is 12.4. The van der Waals surface area contributed by atoms with Gasteiger partial charge in [-0.2, -0.15) is 11.8 Å². The lowest BCUT2D eigenvalue weighted by Gasteiger charge is -2.08. The first kappa shape index (κ1) is 15.0. The molecule has 0 fully saturated rings. The zero-order valence-corrected chi connectivity index (χ0v) is 10.3. The Labute approximate surface area is 100 Å². The van der Waals surface area contributed by atoms with E-state index in [0.29, 0.717) is 6.54 Å². The molecule has 0 spiro atoms. The van der Waals surface area contributed by atoms with Crippen LogP contribution in [-0.4, -0.2) is 36.0 Å². The van der Waals surface area contributed by atoms with E-state index >= 15 is 0 Å². The molecule has 1 unspecified atom stereocenters. The molecule has 0 bridgehead atoms. The number of nitrogens with one attached hydrogen (secondary N) is 2. The Bertz CT molecular complexity index is 246. The summed E-state index contributed by atoms with van der Waals surface area (Å²) in [5.74, 6) is 0.655. The SMILES string of the molecule is C=CCNC(=O)NC(=O)CSCC(N)CC. The van der Waals surface area contributed by atoms with Crippen molar-refractivity contribution < 1.29 is 9.59 Å². The molecule has 0 aromatic carbocycles. The molecule has 0 aromatic rings. The molecule has 0 aliphatic rings. The molecule has 92 valence electrons. The third-order valence-corrected chi connectivity index (χ3v) is 2.88. The predicted molar refractivity (Wildman–Crippen MR) is 67.3 cm³/mol. The normalized spacial score (nSPS) is 11.6. The van der Waals surface area contributed by atoms with Gasteiger partial charge in [0.15, 0.2) is 0 Å². The van der Waals surface area contributed by atoms with Crippen molar-refractivity contribution in [3.8, 4) is 0 Å². The molecule has 0 saturated heterocycles. The molecule has 0 aromatic heterocycles. The van der Waals surface area contributed by atoms with Crippen molar-refractivity contribution in [1.82, 2.24) is 10.6 Å². The van der Waals surface area contributed by atoms with E-state index in [0.717, 1.165) is 12.2 Å². The number of hydrogen-bond acceptors (Lipinski definition) is 4. The maximum atomic E-state index is 11.2. The van der Waals surface area contributed by atoms with Crippen molar-refractivity contribution in [3.05, 3.63) is 12.7 Å². The summed E-state index contributed by atoms with van der Waals surface area (Å²) in [4.78, 5) is 22.3. The first-order valence-electron chi connectivity index (χ1n) is 5.12. The van der Waals surface area contributed by atoms with Gasteiger partial charge in [0.2, 0.25) is 5.91 Å². The van der Waals surface area contributed by atoms with E-state index in [-0.39, 0.29) is 17.7 Å². The summed E-state index contributed by atoms with van der Waals surface area (Å²) < 4.78 is 0. The highest BCUT2D eigenvalue weighted by Crippen LogP contribution is 2.02. The highest BCUT2D eigenvalue weighted by Gasteiger charge is 2.07. The van der Waals surface area contributed by atoms with Crippen LogP contribution in [0.15, 0.2) is 12.7 Å². The fourth-order valence-corrected chi connectivity index (χ4v) is 1.71. The van der Waals surface area contributed by atoms with Gasteiger partial charge in [-0.05, 0) is 6.42 Å². The van der Waals surface area contributed by atoms with E-state index in [1.807, 2.05) is 6.92 Å². The van der Waals surface area contributed by atoms with E-state index in [4.69, 9.17) is 5.73 Å². The average Bonchev–Trinajstić information content (AvgIpc) is 2.25. The maximum Gasteiger partial charge on any atom is 0.321 e. The Hall–Kier alpha value is -1.01. The summed E-state index contributed by atoms with van der Waals surface area (Å²) in [6.45, 7) is 5.78. The van der Waals surface area contributed by atoms with Gasteiger partial charge in [-0.1, -0.05) is 13.0 Å². The molecule has 0 saturated carbocycles. The molecule has 0 aliphatic heterocycles. The number of carbonyl (C=O) groups is 2. The van der Waals surface area contributed by atoms with Gasteiger partial charge < -0.3 is 11.1 Å². The topological polar surface area (TPSA) is 84.2 Å². The number of carbonyl (C=O) groups excluding carboxylic acids is 2. The van der Waals surface area contributed by atoms with Crippen LogP contribution in [0.5, 0.6) is 0 Å². The predicted octanol–water partition coefficient (Wildman–Crippen LogP) is 0.469. The van der Waals surface area contributed by atoms with E-state index < -0.39 is 6.03 Å². The number of urea groups is 1. The van der Waals surface area contributed by atoms with Crippen LogP contribution in [0.4, 0.5) is 4.79 Å². The van der Waals surface area contributed by atoms with Crippen LogP contribution < -0.4 is 16.4 Å². The molecule has 6 heteroatoms. The summed E-state index contributed by atoms with van der Waals surface area (Å²) in [7, 11) is 0. The second-order valence-corrected chi connectivity index (χ2v) is 4.26. The molecule has 16 heavy (non-hydrogen) atoms. The minimum absolute atomic E-state index is 0.104. The summed E-state index contributed by atoms with van der Waals surface area (Å²) in [5.41, 5.74) is 5.68. The fourth-order valence-electron chi connectivity index (χ4n) is 0.793. The lowest BCUT2D eigenvalue weighted by atomic mass is 10.3. The first-order valence-corrected chi connectivity index (χ1v) is 6.27. The summed E-state index contributed by atoms with van der Waals surface area (Å²) in [6, 6.07) is -0.391. The Morgan fingerprint density at radius 1 is 1.56 bits per heavy atom. The second-order valence-electron chi connectivity index (χ2n) is 3.23. The molecule has 0 heterocycles. The maximum absolute atomic E-state index is 11.2.